The van der Waals surface area contributed by atoms with Crippen LogP contribution in [0.5, 0.6) is 0 Å². The van der Waals surface area contributed by atoms with Gasteiger partial charge in [-0.2, -0.15) is 0 Å². The average molecular weight is 337 g/mol. The molecule has 0 bridgehead atoms. The van der Waals surface area contributed by atoms with Crippen LogP contribution in [-0.2, 0) is 14.3 Å². The van der Waals surface area contributed by atoms with E-state index in [9.17, 15) is 9.59 Å². The van der Waals surface area contributed by atoms with Gasteiger partial charge in [0, 0.05) is 7.05 Å². The van der Waals surface area contributed by atoms with Crippen LogP contribution in [0.4, 0.5) is 0 Å². The molecule has 0 radical (unpaired) electrons. The highest BCUT2D eigenvalue weighted by atomic mass is 79.9. The lowest BCUT2D eigenvalue weighted by Gasteiger charge is -2.09. The highest BCUT2D eigenvalue weighted by molar-refractivity contribution is 9.15. The second-order valence-corrected chi connectivity index (χ2v) is 4.79. The zero-order valence-corrected chi connectivity index (χ0v) is 12.6. The number of nitrogens with one attached hydrogen (secondary N) is 2. The topological polar surface area (TPSA) is 67.4 Å². The van der Waals surface area contributed by atoms with Gasteiger partial charge in [0.1, 0.15) is 5.57 Å². The minimum Gasteiger partial charge on any atom is -0.465 e. The fourth-order valence-corrected chi connectivity index (χ4v) is 2.48. The maximum absolute atomic E-state index is 11.9. The van der Waals surface area contributed by atoms with Crippen LogP contribution in [0.2, 0.25) is 0 Å². The molecule has 0 spiro atoms. The molecule has 1 aliphatic heterocycles. The molecular weight excluding hydrogens is 324 g/mol. The minimum atomic E-state index is -0.671. The van der Waals surface area contributed by atoms with E-state index in [1.807, 2.05) is 30.3 Å². The molecule has 0 aliphatic carbocycles. The second kappa shape index (κ2) is 5.92. The Bertz CT molecular complexity index is 621. The summed E-state index contributed by atoms with van der Waals surface area (Å²) in [5.41, 5.74) is 1.79. The van der Waals surface area contributed by atoms with E-state index in [0.717, 1.165) is 5.56 Å². The maximum atomic E-state index is 11.9. The number of halogens is 1. The summed E-state index contributed by atoms with van der Waals surface area (Å²) in [6, 6.07) is 9.46. The minimum absolute atomic E-state index is 0.0297. The third-order valence-corrected chi connectivity index (χ3v) is 3.71. The Kier molecular flexibility index (Phi) is 4.24. The number of benzene rings is 1. The van der Waals surface area contributed by atoms with Crippen molar-refractivity contribution in [2.45, 2.75) is 0 Å². The Balaban J connectivity index is 2.56. The van der Waals surface area contributed by atoms with E-state index in [-0.39, 0.29) is 5.57 Å². The molecule has 0 fully saturated rings. The van der Waals surface area contributed by atoms with Gasteiger partial charge in [-0.25, -0.2) is 4.79 Å². The zero-order chi connectivity index (χ0) is 14.7. The average Bonchev–Trinajstić information content (AvgIpc) is 2.83. The smallest absolute Gasteiger partial charge is 0.345 e. The Labute approximate surface area is 124 Å². The molecule has 0 saturated heterocycles. The van der Waals surface area contributed by atoms with Crippen molar-refractivity contribution in [3.63, 3.8) is 0 Å². The first-order valence-corrected chi connectivity index (χ1v) is 6.66. The molecule has 6 heteroatoms. The number of methoxy groups -OCH3 is 1. The summed E-state index contributed by atoms with van der Waals surface area (Å²) in [6.07, 6.45) is 0. The molecule has 1 amide bonds. The van der Waals surface area contributed by atoms with Gasteiger partial charge in [-0.1, -0.05) is 30.3 Å². The van der Waals surface area contributed by atoms with E-state index in [0.29, 0.717) is 15.9 Å². The van der Waals surface area contributed by atoms with Gasteiger partial charge in [0.25, 0.3) is 5.91 Å². The van der Waals surface area contributed by atoms with Crippen molar-refractivity contribution in [2.24, 2.45) is 0 Å². The number of amides is 1. The van der Waals surface area contributed by atoms with Crippen LogP contribution >= 0.6 is 15.9 Å². The van der Waals surface area contributed by atoms with Crippen LogP contribution in [0, 0.1) is 0 Å². The largest absolute Gasteiger partial charge is 0.465 e. The van der Waals surface area contributed by atoms with Crippen molar-refractivity contribution in [1.82, 2.24) is 10.6 Å². The number of hydrogen-bond donors (Lipinski definition) is 2. The molecule has 1 heterocycles. The summed E-state index contributed by atoms with van der Waals surface area (Å²) in [5.74, 6) is -1.15. The molecule has 0 atom stereocenters. The summed E-state index contributed by atoms with van der Waals surface area (Å²) in [5, 5.41) is 5.54. The molecule has 104 valence electrons. The van der Waals surface area contributed by atoms with Crippen molar-refractivity contribution < 1.29 is 14.3 Å². The Morgan fingerprint density at radius 1 is 1.30 bits per heavy atom. The Morgan fingerprint density at radius 3 is 2.50 bits per heavy atom. The fraction of sp³-hybridized carbons (Fsp3) is 0.143. The van der Waals surface area contributed by atoms with Gasteiger partial charge in [0.05, 0.1) is 23.0 Å². The molecule has 1 aliphatic rings. The zero-order valence-electron chi connectivity index (χ0n) is 11.0. The van der Waals surface area contributed by atoms with E-state index in [1.165, 1.54) is 7.11 Å². The van der Waals surface area contributed by atoms with Crippen molar-refractivity contribution >= 4 is 32.3 Å². The number of rotatable bonds is 3. The molecule has 20 heavy (non-hydrogen) atoms. The molecule has 2 N–H and O–H groups in total. The fourth-order valence-electron chi connectivity index (χ4n) is 1.92. The summed E-state index contributed by atoms with van der Waals surface area (Å²) >= 11 is 3.46. The Hall–Kier alpha value is -2.08. The van der Waals surface area contributed by atoms with Gasteiger partial charge in [-0.3, -0.25) is 4.79 Å². The van der Waals surface area contributed by atoms with Gasteiger partial charge >= 0.3 is 5.97 Å². The number of carbonyl (C=O) groups is 2. The molecule has 0 unspecified atom stereocenters. The van der Waals surface area contributed by atoms with Crippen LogP contribution in [0.25, 0.3) is 4.48 Å². The van der Waals surface area contributed by atoms with E-state index in [1.54, 1.807) is 7.05 Å². The molecule has 0 saturated carbocycles. The maximum Gasteiger partial charge on any atom is 0.345 e. The summed E-state index contributed by atoms with van der Waals surface area (Å²) in [6.45, 7) is 0. The third-order valence-electron chi connectivity index (χ3n) is 2.85. The number of esters is 1. The van der Waals surface area contributed by atoms with Gasteiger partial charge < -0.3 is 15.4 Å². The third kappa shape index (κ3) is 2.46. The van der Waals surface area contributed by atoms with E-state index < -0.39 is 11.9 Å². The molecule has 5 nitrogen and oxygen atoms in total. The van der Waals surface area contributed by atoms with Gasteiger partial charge in [-0.15, -0.1) is 0 Å². The summed E-state index contributed by atoms with van der Waals surface area (Å²) in [4.78, 5) is 23.6. The number of likely N-dealkylation sites (N-methyl/N-ethyl adjacent to an activating group) is 1. The van der Waals surface area contributed by atoms with Crippen LogP contribution in [0.15, 0.2) is 47.3 Å². The first kappa shape index (κ1) is 14.3. The van der Waals surface area contributed by atoms with Crippen LogP contribution in [0.1, 0.15) is 5.56 Å². The first-order chi connectivity index (χ1) is 9.60. The van der Waals surface area contributed by atoms with Crippen molar-refractivity contribution in [3.05, 3.63) is 52.9 Å². The van der Waals surface area contributed by atoms with Crippen LogP contribution in [-0.4, -0.2) is 26.0 Å². The molecule has 1 aromatic rings. The Morgan fingerprint density at radius 2 is 1.95 bits per heavy atom. The number of ether oxygens (including phenoxy) is 1. The van der Waals surface area contributed by atoms with E-state index in [4.69, 9.17) is 0 Å². The lowest BCUT2D eigenvalue weighted by molar-refractivity contribution is -0.137. The lowest BCUT2D eigenvalue weighted by atomic mass is 10.1. The van der Waals surface area contributed by atoms with Crippen molar-refractivity contribution in [2.75, 3.05) is 14.2 Å². The molecule has 0 aromatic heterocycles. The predicted molar refractivity (Wildman–Crippen MR) is 78.5 cm³/mol. The predicted octanol–water partition coefficient (Wildman–Crippen LogP) is 1.53. The van der Waals surface area contributed by atoms with Crippen molar-refractivity contribution in [3.8, 4) is 0 Å². The number of carbonyl (C=O) groups excluding carboxylic acids is 2. The summed E-state index contributed by atoms with van der Waals surface area (Å²) < 4.78 is 5.32. The standard InChI is InChI=1S/C14H13BrN2O3/c1-16-11-9(14(19)20-2)13(18)17-12(11)10(15)8-6-4-3-5-7-8/h3-7,16H,1-2H3,(H,17,18)/b12-10-. The quantitative estimate of drug-likeness (QED) is 0.648. The van der Waals surface area contributed by atoms with Crippen LogP contribution in [0.3, 0.4) is 0 Å². The molecule has 1 aromatic carbocycles. The monoisotopic (exact) mass is 336 g/mol. The SMILES string of the molecule is CNC1=C(C(=O)OC)C(=O)N/C1=C(\Br)c1ccccc1. The molecular formula is C14H13BrN2O3. The normalized spacial score (nSPS) is 16.9. The van der Waals surface area contributed by atoms with Gasteiger partial charge in [-0.05, 0) is 21.5 Å². The van der Waals surface area contributed by atoms with Gasteiger partial charge in [0.2, 0.25) is 0 Å². The van der Waals surface area contributed by atoms with Crippen molar-refractivity contribution in [1.29, 1.82) is 0 Å². The lowest BCUT2D eigenvalue weighted by Crippen LogP contribution is -2.21. The molecule has 2 rings (SSSR count). The van der Waals surface area contributed by atoms with E-state index in [2.05, 4.69) is 31.3 Å². The second-order valence-electron chi connectivity index (χ2n) is 4.00. The van der Waals surface area contributed by atoms with Crippen LogP contribution < -0.4 is 10.6 Å². The number of hydrogen-bond acceptors (Lipinski definition) is 4. The highest BCUT2D eigenvalue weighted by Gasteiger charge is 2.34. The first-order valence-electron chi connectivity index (χ1n) is 5.87. The van der Waals surface area contributed by atoms with E-state index >= 15 is 0 Å². The highest BCUT2D eigenvalue weighted by Crippen LogP contribution is 2.31. The summed E-state index contributed by atoms with van der Waals surface area (Å²) in [7, 11) is 2.88. The van der Waals surface area contributed by atoms with Gasteiger partial charge in [0.15, 0.2) is 0 Å².